The molecule has 0 radical (unpaired) electrons. The second-order valence-corrected chi connectivity index (χ2v) is 5.55. The highest BCUT2D eigenvalue weighted by molar-refractivity contribution is 9.10. The Morgan fingerprint density at radius 2 is 2.08 bits per heavy atom. The number of anilines is 1. The molecule has 1 amide bonds. The third-order valence-corrected chi connectivity index (χ3v) is 3.52. The number of hydrogen-bond acceptors (Lipinski definition) is 4. The first-order valence-corrected chi connectivity index (χ1v) is 7.46. The highest BCUT2D eigenvalue weighted by atomic mass is 79.9. The molecule has 0 aromatic heterocycles. The number of carbonyl (C=O) groups is 1. The number of halogens is 2. The minimum atomic E-state index is -0.762. The second kappa shape index (κ2) is 7.69. The summed E-state index contributed by atoms with van der Waals surface area (Å²) in [5, 5.41) is 13.0. The Kier molecular flexibility index (Phi) is 5.64. The molecule has 0 saturated carbocycles. The quantitative estimate of drug-likeness (QED) is 0.468. The predicted octanol–water partition coefficient (Wildman–Crippen LogP) is 4.16. The summed E-state index contributed by atoms with van der Waals surface area (Å²) in [6, 6.07) is 8.16. The van der Waals surface area contributed by atoms with Gasteiger partial charge in [-0.25, -0.2) is 4.39 Å². The third kappa shape index (κ3) is 4.39. The Hall–Kier alpha value is -2.74. The van der Waals surface area contributed by atoms with Gasteiger partial charge < -0.3 is 10.1 Å². The summed E-state index contributed by atoms with van der Waals surface area (Å²) in [6.45, 7) is 0. The maximum Gasteiger partial charge on any atom is 0.271 e. The molecule has 2 aromatic rings. The number of nitro benzene ring substituents is 1. The lowest BCUT2D eigenvalue weighted by Gasteiger charge is -2.06. The van der Waals surface area contributed by atoms with E-state index in [4.69, 9.17) is 4.74 Å². The highest BCUT2D eigenvalue weighted by Gasteiger charge is 2.12. The molecule has 0 aliphatic carbocycles. The summed E-state index contributed by atoms with van der Waals surface area (Å²) in [5.41, 5.74) is 0.0611. The lowest BCUT2D eigenvalue weighted by molar-refractivity contribution is -0.384. The van der Waals surface area contributed by atoms with Gasteiger partial charge in [-0.1, -0.05) is 15.9 Å². The summed E-state index contributed by atoms with van der Waals surface area (Å²) in [5.74, 6) is -0.831. The van der Waals surface area contributed by atoms with Crippen LogP contribution in [-0.2, 0) is 4.79 Å². The van der Waals surface area contributed by atoms with E-state index in [0.29, 0.717) is 11.3 Å². The number of benzene rings is 2. The molecule has 1 N–H and O–H groups in total. The smallest absolute Gasteiger partial charge is 0.271 e. The van der Waals surface area contributed by atoms with Crippen LogP contribution in [0.1, 0.15) is 5.56 Å². The summed E-state index contributed by atoms with van der Waals surface area (Å²) in [7, 11) is 1.50. The Morgan fingerprint density at radius 1 is 1.33 bits per heavy atom. The van der Waals surface area contributed by atoms with Gasteiger partial charge in [-0.15, -0.1) is 0 Å². The molecular weight excluding hydrogens is 383 g/mol. The van der Waals surface area contributed by atoms with E-state index in [2.05, 4.69) is 21.2 Å². The van der Waals surface area contributed by atoms with Crippen LogP contribution in [0.2, 0.25) is 0 Å². The summed E-state index contributed by atoms with van der Waals surface area (Å²) in [4.78, 5) is 21.9. The number of methoxy groups -OCH3 is 1. The van der Waals surface area contributed by atoms with Gasteiger partial charge >= 0.3 is 0 Å². The van der Waals surface area contributed by atoms with Crippen LogP contribution in [0.25, 0.3) is 6.08 Å². The van der Waals surface area contributed by atoms with Crippen LogP contribution in [-0.4, -0.2) is 17.9 Å². The number of non-ortho nitro benzene ring substituents is 1. The van der Waals surface area contributed by atoms with E-state index in [0.717, 1.165) is 22.7 Å². The lowest BCUT2D eigenvalue weighted by atomic mass is 10.2. The number of ether oxygens (including phenoxy) is 1. The summed E-state index contributed by atoms with van der Waals surface area (Å²) in [6.07, 6.45) is 2.68. The van der Waals surface area contributed by atoms with Crippen molar-refractivity contribution in [2.24, 2.45) is 0 Å². The van der Waals surface area contributed by atoms with E-state index in [1.807, 2.05) is 0 Å². The molecule has 0 atom stereocenters. The SMILES string of the molecule is COc1ccc(Br)cc1/C=C/C(=O)Nc1cc([N+](=O)[O-])ccc1F. The molecule has 0 fully saturated rings. The second-order valence-electron chi connectivity index (χ2n) is 4.63. The molecule has 8 heteroatoms. The number of rotatable bonds is 5. The van der Waals surface area contributed by atoms with Gasteiger partial charge in [0, 0.05) is 28.2 Å². The summed E-state index contributed by atoms with van der Waals surface area (Å²) < 4.78 is 19.6. The number of nitrogens with one attached hydrogen (secondary N) is 1. The van der Waals surface area contributed by atoms with Crippen molar-refractivity contribution >= 4 is 39.3 Å². The van der Waals surface area contributed by atoms with Crippen molar-refractivity contribution in [3.8, 4) is 5.75 Å². The minimum Gasteiger partial charge on any atom is -0.496 e. The van der Waals surface area contributed by atoms with E-state index >= 15 is 0 Å². The molecule has 0 bridgehead atoms. The van der Waals surface area contributed by atoms with Crippen molar-refractivity contribution in [2.75, 3.05) is 12.4 Å². The van der Waals surface area contributed by atoms with Crippen LogP contribution < -0.4 is 10.1 Å². The number of nitrogens with zero attached hydrogens (tertiary/aromatic N) is 1. The van der Waals surface area contributed by atoms with Gasteiger partial charge in [-0.2, -0.15) is 0 Å². The van der Waals surface area contributed by atoms with Crippen LogP contribution >= 0.6 is 15.9 Å². The zero-order valence-corrected chi connectivity index (χ0v) is 14.0. The Balaban J connectivity index is 2.18. The minimum absolute atomic E-state index is 0.264. The Labute approximate surface area is 145 Å². The third-order valence-electron chi connectivity index (χ3n) is 3.02. The average molecular weight is 395 g/mol. The van der Waals surface area contributed by atoms with Crippen LogP contribution in [0.5, 0.6) is 5.75 Å². The van der Waals surface area contributed by atoms with Gasteiger partial charge in [-0.05, 0) is 30.3 Å². The van der Waals surface area contributed by atoms with Crippen molar-refractivity contribution in [1.82, 2.24) is 0 Å². The van der Waals surface area contributed by atoms with Crippen LogP contribution in [0.4, 0.5) is 15.8 Å². The van der Waals surface area contributed by atoms with Crippen molar-refractivity contribution in [3.63, 3.8) is 0 Å². The topological polar surface area (TPSA) is 81.5 Å². The van der Waals surface area contributed by atoms with Crippen molar-refractivity contribution in [3.05, 3.63) is 68.4 Å². The number of carbonyl (C=O) groups excluding carboxylic acids is 1. The van der Waals surface area contributed by atoms with Gasteiger partial charge in [0.1, 0.15) is 11.6 Å². The van der Waals surface area contributed by atoms with Crippen LogP contribution in [0.15, 0.2) is 46.9 Å². The molecule has 0 unspecified atom stereocenters. The van der Waals surface area contributed by atoms with E-state index in [9.17, 15) is 19.3 Å². The first-order chi connectivity index (χ1) is 11.4. The van der Waals surface area contributed by atoms with Gasteiger partial charge in [0.2, 0.25) is 5.91 Å². The van der Waals surface area contributed by atoms with Gasteiger partial charge in [0.15, 0.2) is 0 Å². The van der Waals surface area contributed by atoms with E-state index in [1.54, 1.807) is 18.2 Å². The Bertz CT molecular complexity index is 824. The molecule has 6 nitrogen and oxygen atoms in total. The first-order valence-electron chi connectivity index (χ1n) is 6.67. The lowest BCUT2D eigenvalue weighted by Crippen LogP contribution is -2.09. The molecular formula is C16H12BrFN2O4. The summed E-state index contributed by atoms with van der Waals surface area (Å²) >= 11 is 3.31. The van der Waals surface area contributed by atoms with Crippen LogP contribution in [0, 0.1) is 15.9 Å². The molecule has 0 saturated heterocycles. The molecule has 24 heavy (non-hydrogen) atoms. The highest BCUT2D eigenvalue weighted by Crippen LogP contribution is 2.24. The van der Waals surface area contributed by atoms with Gasteiger partial charge in [0.25, 0.3) is 5.69 Å². The predicted molar refractivity (Wildman–Crippen MR) is 91.4 cm³/mol. The molecule has 0 aliphatic heterocycles. The van der Waals surface area contributed by atoms with Gasteiger partial charge in [0.05, 0.1) is 17.7 Å². The molecule has 124 valence electrons. The zero-order chi connectivity index (χ0) is 17.7. The molecule has 0 aliphatic rings. The van der Waals surface area contributed by atoms with Crippen LogP contribution in [0.3, 0.4) is 0 Å². The Morgan fingerprint density at radius 3 is 2.75 bits per heavy atom. The fourth-order valence-electron chi connectivity index (χ4n) is 1.90. The fourth-order valence-corrected chi connectivity index (χ4v) is 2.28. The monoisotopic (exact) mass is 394 g/mol. The zero-order valence-electron chi connectivity index (χ0n) is 12.5. The van der Waals surface area contributed by atoms with E-state index in [-0.39, 0.29) is 11.4 Å². The number of hydrogen-bond donors (Lipinski definition) is 1. The maximum atomic E-state index is 13.6. The maximum absolute atomic E-state index is 13.6. The number of amides is 1. The molecule has 2 aromatic carbocycles. The molecule has 0 heterocycles. The standard InChI is InChI=1S/C16H12BrFN2O4/c1-24-15-6-3-11(17)8-10(15)2-7-16(21)19-14-9-12(20(22)23)4-5-13(14)18/h2-9H,1H3,(H,19,21)/b7-2+. The van der Waals surface area contributed by atoms with E-state index < -0.39 is 16.6 Å². The normalized spacial score (nSPS) is 10.6. The largest absolute Gasteiger partial charge is 0.496 e. The van der Waals surface area contributed by atoms with Crippen molar-refractivity contribution in [1.29, 1.82) is 0 Å². The van der Waals surface area contributed by atoms with Crippen molar-refractivity contribution in [2.45, 2.75) is 0 Å². The number of nitro groups is 1. The van der Waals surface area contributed by atoms with Gasteiger partial charge in [-0.3, -0.25) is 14.9 Å². The van der Waals surface area contributed by atoms with Crippen molar-refractivity contribution < 1.29 is 18.8 Å². The molecule has 0 spiro atoms. The first kappa shape index (κ1) is 17.6. The average Bonchev–Trinajstić information content (AvgIpc) is 2.55. The molecule has 2 rings (SSSR count). The fraction of sp³-hybridized carbons (Fsp3) is 0.0625. The van der Waals surface area contributed by atoms with E-state index in [1.165, 1.54) is 19.3 Å².